The standard InChI is InChI=1S/C13H22N2O4/c1-12(2,3)19-11(18)15-9(10(16)17)6-7-13(4,5)8-14/h9H,6-7H2,1-5H3,(H,15,18)(H,16,17). The minimum Gasteiger partial charge on any atom is -0.480 e. The first kappa shape index (κ1) is 17.2. The van der Waals surface area contributed by atoms with Gasteiger partial charge in [0.05, 0.1) is 11.5 Å². The Hall–Kier alpha value is -1.77. The predicted molar refractivity (Wildman–Crippen MR) is 69.4 cm³/mol. The fraction of sp³-hybridized carbons (Fsp3) is 0.769. The van der Waals surface area contributed by atoms with E-state index in [0.717, 1.165) is 0 Å². The molecule has 0 saturated heterocycles. The van der Waals surface area contributed by atoms with E-state index in [-0.39, 0.29) is 6.42 Å². The maximum Gasteiger partial charge on any atom is 0.408 e. The molecule has 0 aliphatic carbocycles. The molecule has 0 aromatic rings. The van der Waals surface area contributed by atoms with Gasteiger partial charge in [0.1, 0.15) is 11.6 Å². The molecule has 0 rings (SSSR count). The third-order valence-corrected chi connectivity index (χ3v) is 2.35. The smallest absolute Gasteiger partial charge is 0.408 e. The van der Waals surface area contributed by atoms with Gasteiger partial charge in [0.2, 0.25) is 0 Å². The van der Waals surface area contributed by atoms with Gasteiger partial charge in [0.15, 0.2) is 0 Å². The SMILES string of the molecule is CC(C)(C#N)CCC(NC(=O)OC(C)(C)C)C(=O)O. The zero-order chi connectivity index (χ0) is 15.3. The minimum atomic E-state index is -1.14. The van der Waals surface area contributed by atoms with Gasteiger partial charge >= 0.3 is 12.1 Å². The number of carbonyl (C=O) groups is 2. The quantitative estimate of drug-likeness (QED) is 0.798. The van der Waals surface area contributed by atoms with Crippen molar-refractivity contribution < 1.29 is 19.4 Å². The number of hydrogen-bond donors (Lipinski definition) is 2. The molecule has 0 heterocycles. The molecule has 1 unspecified atom stereocenters. The summed E-state index contributed by atoms with van der Waals surface area (Å²) in [7, 11) is 0. The van der Waals surface area contributed by atoms with E-state index >= 15 is 0 Å². The van der Waals surface area contributed by atoms with Crippen LogP contribution >= 0.6 is 0 Å². The first-order valence-electron chi connectivity index (χ1n) is 6.10. The summed E-state index contributed by atoms with van der Waals surface area (Å²) in [6.07, 6.45) is -0.222. The Kier molecular flexibility index (Phi) is 5.81. The van der Waals surface area contributed by atoms with Crippen molar-refractivity contribution in [1.29, 1.82) is 5.26 Å². The Morgan fingerprint density at radius 2 is 1.84 bits per heavy atom. The van der Waals surface area contributed by atoms with Gasteiger partial charge in [-0.15, -0.1) is 0 Å². The number of nitrogens with one attached hydrogen (secondary N) is 1. The average Bonchev–Trinajstić information content (AvgIpc) is 2.21. The number of amides is 1. The van der Waals surface area contributed by atoms with E-state index in [2.05, 4.69) is 11.4 Å². The summed E-state index contributed by atoms with van der Waals surface area (Å²) in [6, 6.07) is 1.04. The zero-order valence-electron chi connectivity index (χ0n) is 12.1. The van der Waals surface area contributed by atoms with Crippen LogP contribution < -0.4 is 5.32 Å². The molecule has 0 aromatic carbocycles. The van der Waals surface area contributed by atoms with Crippen LogP contribution in [0.4, 0.5) is 4.79 Å². The summed E-state index contributed by atoms with van der Waals surface area (Å²) in [5.74, 6) is -1.14. The fourth-order valence-electron chi connectivity index (χ4n) is 1.27. The number of rotatable bonds is 5. The second-order valence-corrected chi connectivity index (χ2v) is 6.07. The maximum absolute atomic E-state index is 11.5. The van der Waals surface area contributed by atoms with Crippen LogP contribution in [0.2, 0.25) is 0 Å². The van der Waals surface area contributed by atoms with E-state index in [1.54, 1.807) is 34.6 Å². The van der Waals surface area contributed by atoms with Crippen LogP contribution in [0.3, 0.4) is 0 Å². The second kappa shape index (κ2) is 6.41. The molecule has 1 amide bonds. The zero-order valence-corrected chi connectivity index (χ0v) is 12.1. The minimum absolute atomic E-state index is 0.176. The Labute approximate surface area is 113 Å². The number of ether oxygens (including phenoxy) is 1. The molecule has 108 valence electrons. The lowest BCUT2D eigenvalue weighted by Gasteiger charge is -2.23. The van der Waals surface area contributed by atoms with Crippen LogP contribution in [0.1, 0.15) is 47.5 Å². The van der Waals surface area contributed by atoms with Gasteiger partial charge in [-0.25, -0.2) is 9.59 Å². The molecular formula is C13H22N2O4. The molecule has 0 aliphatic heterocycles. The van der Waals surface area contributed by atoms with Crippen LogP contribution in [-0.2, 0) is 9.53 Å². The first-order chi connectivity index (χ1) is 8.47. The summed E-state index contributed by atoms with van der Waals surface area (Å²) in [6.45, 7) is 8.53. The predicted octanol–water partition coefficient (Wildman–Crippen LogP) is 2.29. The number of nitrogens with zero attached hydrogens (tertiary/aromatic N) is 1. The third-order valence-electron chi connectivity index (χ3n) is 2.35. The van der Waals surface area contributed by atoms with Crippen LogP contribution in [0.25, 0.3) is 0 Å². The molecule has 0 saturated carbocycles. The lowest BCUT2D eigenvalue weighted by Crippen LogP contribution is -2.43. The normalized spacial score (nSPS) is 13.3. The molecule has 6 nitrogen and oxygen atoms in total. The van der Waals surface area contributed by atoms with Crippen molar-refractivity contribution in [3.63, 3.8) is 0 Å². The Balaban J connectivity index is 4.49. The summed E-state index contributed by atoms with van der Waals surface area (Å²) in [5, 5.41) is 20.2. The van der Waals surface area contributed by atoms with Crippen LogP contribution in [0.15, 0.2) is 0 Å². The van der Waals surface area contributed by atoms with Gasteiger partial charge in [0.25, 0.3) is 0 Å². The molecule has 6 heteroatoms. The molecule has 0 aromatic heterocycles. The van der Waals surface area contributed by atoms with Gasteiger partial charge in [-0.3, -0.25) is 0 Å². The van der Waals surface area contributed by atoms with Crippen molar-refractivity contribution in [2.24, 2.45) is 5.41 Å². The van der Waals surface area contributed by atoms with Crippen molar-refractivity contribution in [1.82, 2.24) is 5.32 Å². The number of carboxylic acids is 1. The van der Waals surface area contributed by atoms with Gasteiger partial charge in [0, 0.05) is 0 Å². The van der Waals surface area contributed by atoms with Crippen LogP contribution in [-0.4, -0.2) is 28.8 Å². The van der Waals surface area contributed by atoms with Gasteiger partial charge in [-0.1, -0.05) is 0 Å². The van der Waals surface area contributed by atoms with Crippen LogP contribution in [0.5, 0.6) is 0 Å². The Morgan fingerprint density at radius 3 is 2.21 bits per heavy atom. The molecule has 2 N–H and O–H groups in total. The Morgan fingerprint density at radius 1 is 1.32 bits per heavy atom. The summed E-state index contributed by atoms with van der Waals surface area (Å²) in [4.78, 5) is 22.6. The largest absolute Gasteiger partial charge is 0.480 e. The summed E-state index contributed by atoms with van der Waals surface area (Å²) < 4.78 is 5.00. The van der Waals surface area contributed by atoms with Crippen molar-refractivity contribution in [3.8, 4) is 6.07 Å². The monoisotopic (exact) mass is 270 g/mol. The average molecular weight is 270 g/mol. The number of nitriles is 1. The van der Waals surface area contributed by atoms with E-state index in [0.29, 0.717) is 6.42 Å². The summed E-state index contributed by atoms with van der Waals surface area (Å²) >= 11 is 0. The lowest BCUT2D eigenvalue weighted by molar-refractivity contribution is -0.139. The van der Waals surface area contributed by atoms with Crippen molar-refractivity contribution in [2.75, 3.05) is 0 Å². The highest BCUT2D eigenvalue weighted by Crippen LogP contribution is 2.22. The molecular weight excluding hydrogens is 248 g/mol. The first-order valence-corrected chi connectivity index (χ1v) is 6.10. The van der Waals surface area contributed by atoms with Gasteiger partial charge in [-0.2, -0.15) is 5.26 Å². The maximum atomic E-state index is 11.5. The molecule has 0 bridgehead atoms. The highest BCUT2D eigenvalue weighted by Gasteiger charge is 2.26. The van der Waals surface area contributed by atoms with Gasteiger partial charge < -0.3 is 15.2 Å². The van der Waals surface area contributed by atoms with E-state index in [4.69, 9.17) is 15.1 Å². The molecule has 0 radical (unpaired) electrons. The van der Waals surface area contributed by atoms with E-state index in [1.807, 2.05) is 0 Å². The highest BCUT2D eigenvalue weighted by atomic mass is 16.6. The molecule has 0 fully saturated rings. The highest BCUT2D eigenvalue weighted by molar-refractivity contribution is 5.79. The molecule has 1 atom stereocenters. The number of alkyl carbamates (subject to hydrolysis) is 1. The number of aliphatic carboxylic acids is 1. The molecule has 19 heavy (non-hydrogen) atoms. The topological polar surface area (TPSA) is 99.4 Å². The number of hydrogen-bond acceptors (Lipinski definition) is 4. The van der Waals surface area contributed by atoms with E-state index in [9.17, 15) is 9.59 Å². The van der Waals surface area contributed by atoms with E-state index in [1.165, 1.54) is 0 Å². The lowest BCUT2D eigenvalue weighted by atomic mass is 9.88. The number of carboxylic acid groups (broad SMARTS) is 1. The van der Waals surface area contributed by atoms with Gasteiger partial charge in [-0.05, 0) is 47.5 Å². The fourth-order valence-corrected chi connectivity index (χ4v) is 1.27. The molecule has 0 aliphatic rings. The molecule has 0 spiro atoms. The van der Waals surface area contributed by atoms with Crippen molar-refractivity contribution >= 4 is 12.1 Å². The van der Waals surface area contributed by atoms with E-state index < -0.39 is 29.1 Å². The van der Waals surface area contributed by atoms with Crippen molar-refractivity contribution in [2.45, 2.75) is 59.1 Å². The van der Waals surface area contributed by atoms with Crippen molar-refractivity contribution in [3.05, 3.63) is 0 Å². The summed E-state index contributed by atoms with van der Waals surface area (Å²) in [5.41, 5.74) is -1.30. The van der Waals surface area contributed by atoms with Crippen LogP contribution in [0, 0.1) is 16.7 Å². The second-order valence-electron chi connectivity index (χ2n) is 6.07. The third kappa shape index (κ3) is 8.03. The Bertz CT molecular complexity index is 377. The number of carbonyl (C=O) groups excluding carboxylic acids is 1.